The molecule has 0 radical (unpaired) electrons. The van der Waals surface area contributed by atoms with Gasteiger partial charge in [-0.3, -0.25) is 4.68 Å². The molecule has 0 N–H and O–H groups in total. The van der Waals surface area contributed by atoms with Crippen molar-refractivity contribution in [2.45, 2.75) is 89.6 Å². The molecule has 3 aliphatic rings. The highest BCUT2D eigenvalue weighted by Gasteiger charge is 2.33. The summed E-state index contributed by atoms with van der Waals surface area (Å²) in [4.78, 5) is 15.8. The molecule has 5 aromatic rings. The van der Waals surface area contributed by atoms with Crippen molar-refractivity contribution in [2.24, 2.45) is 7.05 Å². The van der Waals surface area contributed by atoms with E-state index in [1.165, 1.54) is 34.6 Å². The summed E-state index contributed by atoms with van der Waals surface area (Å²) in [5.74, 6) is 3.39. The van der Waals surface area contributed by atoms with Gasteiger partial charge in [-0.25, -0.2) is 9.97 Å². The van der Waals surface area contributed by atoms with Crippen LogP contribution in [0.5, 0.6) is 0 Å². The molecule has 47 heavy (non-hydrogen) atoms. The Kier molecular flexibility index (Phi) is 7.16. The molecule has 1 saturated carbocycles. The Morgan fingerprint density at radius 1 is 0.894 bits per heavy atom. The predicted octanol–water partition coefficient (Wildman–Crippen LogP) is 6.21. The Hall–Kier alpha value is -4.25. The van der Waals surface area contributed by atoms with Crippen LogP contribution in [0, 0.1) is 20.8 Å². The van der Waals surface area contributed by atoms with E-state index in [2.05, 4.69) is 34.9 Å². The first-order valence-electron chi connectivity index (χ1n) is 16.9. The molecule has 0 bridgehead atoms. The van der Waals surface area contributed by atoms with Crippen molar-refractivity contribution in [3.05, 3.63) is 76.2 Å². The molecule has 1 aliphatic carbocycles. The smallest absolute Gasteiger partial charge is 0.283 e. The van der Waals surface area contributed by atoms with Crippen molar-refractivity contribution in [1.82, 2.24) is 28.9 Å². The van der Waals surface area contributed by atoms with E-state index in [-0.39, 0.29) is 4.90 Å². The van der Waals surface area contributed by atoms with Crippen LogP contribution in [0.4, 0.5) is 11.6 Å². The zero-order valence-corrected chi connectivity index (χ0v) is 28.7. The van der Waals surface area contributed by atoms with Crippen molar-refractivity contribution in [3.8, 4) is 11.4 Å². The van der Waals surface area contributed by atoms with E-state index in [0.29, 0.717) is 29.0 Å². The molecule has 3 aromatic heterocycles. The fourth-order valence-electron chi connectivity index (χ4n) is 7.45. The Morgan fingerprint density at radius 3 is 2.43 bits per heavy atom. The molecule has 10 nitrogen and oxygen atoms in total. The molecular weight excluding hydrogens is 609 g/mol. The first-order valence-corrected chi connectivity index (χ1v) is 18.3. The van der Waals surface area contributed by atoms with Crippen LogP contribution in [0.1, 0.15) is 78.7 Å². The minimum atomic E-state index is -3.91. The third-order valence-corrected chi connectivity index (χ3v) is 11.9. The first kappa shape index (κ1) is 30.1. The van der Waals surface area contributed by atoms with Crippen LogP contribution >= 0.6 is 0 Å². The number of aryl methyl sites for hydroxylation is 4. The highest BCUT2D eigenvalue weighted by molar-refractivity contribution is 7.90. The SMILES string of the molecule is Cc1ccc(S(=O)(=O)n2nc(C)c3c(-c4nc5c(c(N6CCCCC6C)n4)CN(c4cc(C6CC6)nn4C)CC5)c(C)ccc32)cc1. The largest absolute Gasteiger partial charge is 0.354 e. The zero-order valence-electron chi connectivity index (χ0n) is 27.9. The van der Waals surface area contributed by atoms with Crippen LogP contribution < -0.4 is 9.80 Å². The maximum Gasteiger partial charge on any atom is 0.283 e. The number of anilines is 2. The Morgan fingerprint density at radius 2 is 1.68 bits per heavy atom. The van der Waals surface area contributed by atoms with Gasteiger partial charge in [0, 0.05) is 67.6 Å². The fourth-order valence-corrected chi connectivity index (χ4v) is 8.77. The molecule has 244 valence electrons. The molecule has 1 unspecified atom stereocenters. The summed E-state index contributed by atoms with van der Waals surface area (Å²) < 4.78 is 30.9. The average molecular weight is 651 g/mol. The number of benzene rings is 2. The molecular formula is C36H42N8O2S. The minimum absolute atomic E-state index is 0.211. The zero-order chi connectivity index (χ0) is 32.6. The highest BCUT2D eigenvalue weighted by Crippen LogP contribution is 2.42. The summed E-state index contributed by atoms with van der Waals surface area (Å²) in [5.41, 5.74) is 7.46. The molecule has 0 amide bonds. The van der Waals surface area contributed by atoms with Crippen molar-refractivity contribution < 1.29 is 8.42 Å². The van der Waals surface area contributed by atoms with Gasteiger partial charge < -0.3 is 9.80 Å². The lowest BCUT2D eigenvalue weighted by Crippen LogP contribution is -2.41. The molecule has 2 aliphatic heterocycles. The molecule has 1 saturated heterocycles. The number of piperidine rings is 1. The minimum Gasteiger partial charge on any atom is -0.354 e. The van der Waals surface area contributed by atoms with Gasteiger partial charge >= 0.3 is 0 Å². The molecule has 5 heterocycles. The maximum absolute atomic E-state index is 13.9. The number of hydrogen-bond donors (Lipinski definition) is 0. The van der Waals surface area contributed by atoms with E-state index < -0.39 is 10.0 Å². The number of hydrogen-bond acceptors (Lipinski definition) is 8. The molecule has 2 fully saturated rings. The van der Waals surface area contributed by atoms with Crippen molar-refractivity contribution in [2.75, 3.05) is 22.9 Å². The van der Waals surface area contributed by atoms with E-state index in [9.17, 15) is 8.42 Å². The lowest BCUT2D eigenvalue weighted by atomic mass is 9.98. The van der Waals surface area contributed by atoms with E-state index >= 15 is 0 Å². The second kappa shape index (κ2) is 11.2. The van der Waals surface area contributed by atoms with Crippen LogP contribution in [-0.4, -0.2) is 56.5 Å². The predicted molar refractivity (Wildman–Crippen MR) is 185 cm³/mol. The number of aromatic nitrogens is 6. The van der Waals surface area contributed by atoms with E-state index in [1.54, 1.807) is 12.1 Å². The average Bonchev–Trinajstić information content (AvgIpc) is 3.75. The number of fused-ring (bicyclic) bond motifs is 2. The van der Waals surface area contributed by atoms with Crippen molar-refractivity contribution in [3.63, 3.8) is 0 Å². The summed E-state index contributed by atoms with van der Waals surface area (Å²) >= 11 is 0. The van der Waals surface area contributed by atoms with E-state index in [0.717, 1.165) is 78.3 Å². The molecule has 11 heteroatoms. The topological polar surface area (TPSA) is 102 Å². The fraction of sp³-hybridized carbons (Fsp3) is 0.444. The van der Waals surface area contributed by atoms with Crippen LogP contribution in [-0.2, 0) is 30.0 Å². The second-order valence-corrected chi connectivity index (χ2v) is 15.5. The van der Waals surface area contributed by atoms with Crippen molar-refractivity contribution >= 4 is 32.6 Å². The van der Waals surface area contributed by atoms with Gasteiger partial charge in [-0.2, -0.15) is 22.7 Å². The standard InChI is InChI=1S/C36H42N8O2S/c1-22-9-14-27(15-10-22)47(45,46)44-31-16-11-23(2)33(34(31)25(4)39-44)35-37-29-17-19-42(32-20-30(26-12-13-26)40-41(32)5)21-28(29)36(38-35)43-18-7-6-8-24(43)3/h9-11,14-16,20,24,26H,6-8,12-13,17-19,21H2,1-5H3. The normalized spacial score (nSPS) is 18.6. The van der Waals surface area contributed by atoms with Crippen LogP contribution in [0.2, 0.25) is 0 Å². The lowest BCUT2D eigenvalue weighted by molar-refractivity contribution is 0.478. The Balaban J connectivity index is 1.27. The summed E-state index contributed by atoms with van der Waals surface area (Å²) in [5, 5.41) is 10.2. The third kappa shape index (κ3) is 5.10. The van der Waals surface area contributed by atoms with Crippen LogP contribution in [0.25, 0.3) is 22.3 Å². The molecule has 2 aromatic carbocycles. The summed E-state index contributed by atoms with van der Waals surface area (Å²) in [7, 11) is -1.86. The van der Waals surface area contributed by atoms with Gasteiger partial charge in [0.05, 0.1) is 27.5 Å². The van der Waals surface area contributed by atoms with Gasteiger partial charge in [0.1, 0.15) is 11.6 Å². The van der Waals surface area contributed by atoms with E-state index in [1.807, 2.05) is 49.7 Å². The Bertz CT molecular complexity index is 2130. The van der Waals surface area contributed by atoms with Crippen molar-refractivity contribution in [1.29, 1.82) is 0 Å². The first-order chi connectivity index (χ1) is 22.6. The van der Waals surface area contributed by atoms with Crippen LogP contribution in [0.3, 0.4) is 0 Å². The molecule has 1 atom stereocenters. The highest BCUT2D eigenvalue weighted by atomic mass is 32.2. The van der Waals surface area contributed by atoms with Gasteiger partial charge in [0.25, 0.3) is 10.0 Å². The summed E-state index contributed by atoms with van der Waals surface area (Å²) in [6.07, 6.45) is 6.73. The Labute approximate surface area is 276 Å². The maximum atomic E-state index is 13.9. The molecule has 8 rings (SSSR count). The lowest BCUT2D eigenvalue weighted by Gasteiger charge is -2.38. The summed E-state index contributed by atoms with van der Waals surface area (Å²) in [6, 6.07) is 13.4. The van der Waals surface area contributed by atoms with Gasteiger partial charge in [-0.15, -0.1) is 0 Å². The molecule has 0 spiro atoms. The third-order valence-electron chi connectivity index (χ3n) is 10.3. The van der Waals surface area contributed by atoms with Gasteiger partial charge in [0.2, 0.25) is 0 Å². The van der Waals surface area contributed by atoms with E-state index in [4.69, 9.17) is 15.1 Å². The number of rotatable bonds is 6. The monoisotopic (exact) mass is 650 g/mol. The quantitative estimate of drug-likeness (QED) is 0.214. The van der Waals surface area contributed by atoms with Gasteiger partial charge in [-0.05, 0) is 83.6 Å². The second-order valence-electron chi connectivity index (χ2n) is 13.7. The van der Waals surface area contributed by atoms with Gasteiger partial charge in [-0.1, -0.05) is 23.8 Å². The number of nitrogens with zero attached hydrogens (tertiary/aromatic N) is 8. The summed E-state index contributed by atoms with van der Waals surface area (Å²) in [6.45, 7) is 10.7. The van der Waals surface area contributed by atoms with Gasteiger partial charge in [0.15, 0.2) is 5.82 Å². The van der Waals surface area contributed by atoms with Crippen LogP contribution in [0.15, 0.2) is 47.4 Å².